The minimum absolute atomic E-state index is 0.000206. The standard InChI is InChI=1S/C34H32FN5O4/c1-2-39(20-32-37-29-11-9-25(34(41)42)16-31(29)40(32)19-27-4-3-13-43-27)18-23-6-7-24-10-12-33(38-30(24)15-23)44-21-26-8-5-22(17-36)14-28(26)35/h5-12,14-16,27H,2-4,13,18-21H2,1H3,(H,41,42)/t27-/m0/s1. The summed E-state index contributed by atoms with van der Waals surface area (Å²) in [5.74, 6) is -0.203. The summed E-state index contributed by atoms with van der Waals surface area (Å²) in [6, 6.07) is 21.1. The maximum absolute atomic E-state index is 14.3. The van der Waals surface area contributed by atoms with Crippen molar-refractivity contribution in [3.05, 3.63) is 101 Å². The number of carboxylic acid groups (broad SMARTS) is 1. The molecule has 3 heterocycles. The minimum Gasteiger partial charge on any atom is -0.478 e. The van der Waals surface area contributed by atoms with Crippen molar-refractivity contribution in [3.63, 3.8) is 0 Å². The second kappa shape index (κ2) is 12.8. The first-order valence-corrected chi connectivity index (χ1v) is 14.7. The lowest BCUT2D eigenvalue weighted by atomic mass is 10.1. The summed E-state index contributed by atoms with van der Waals surface area (Å²) in [5.41, 5.74) is 4.25. The molecule has 0 saturated carbocycles. The largest absolute Gasteiger partial charge is 0.478 e. The van der Waals surface area contributed by atoms with Gasteiger partial charge >= 0.3 is 5.97 Å². The molecule has 10 heteroatoms. The topological polar surface area (TPSA) is 114 Å². The van der Waals surface area contributed by atoms with Crippen molar-refractivity contribution in [2.75, 3.05) is 13.2 Å². The van der Waals surface area contributed by atoms with Gasteiger partial charge in [-0.1, -0.05) is 25.1 Å². The molecule has 1 atom stereocenters. The van der Waals surface area contributed by atoms with Gasteiger partial charge in [-0.25, -0.2) is 19.2 Å². The van der Waals surface area contributed by atoms with Crippen LogP contribution >= 0.6 is 0 Å². The summed E-state index contributed by atoms with van der Waals surface area (Å²) >= 11 is 0. The van der Waals surface area contributed by atoms with Crippen molar-refractivity contribution in [2.24, 2.45) is 0 Å². The normalized spacial score (nSPS) is 14.8. The molecule has 0 spiro atoms. The number of hydrogen-bond acceptors (Lipinski definition) is 7. The molecular weight excluding hydrogens is 561 g/mol. The van der Waals surface area contributed by atoms with Crippen LogP contribution in [0.25, 0.3) is 21.9 Å². The van der Waals surface area contributed by atoms with Crippen LogP contribution in [-0.2, 0) is 31.0 Å². The first-order valence-electron chi connectivity index (χ1n) is 14.7. The molecule has 1 saturated heterocycles. The van der Waals surface area contributed by atoms with E-state index in [2.05, 4.69) is 27.4 Å². The Bertz CT molecular complexity index is 1880. The highest BCUT2D eigenvalue weighted by molar-refractivity contribution is 5.92. The molecule has 9 nitrogen and oxygen atoms in total. The molecule has 5 aromatic rings. The number of carboxylic acids is 1. The number of rotatable bonds is 11. The van der Waals surface area contributed by atoms with E-state index in [1.165, 1.54) is 6.07 Å². The van der Waals surface area contributed by atoms with E-state index in [0.29, 0.717) is 31.1 Å². The van der Waals surface area contributed by atoms with Gasteiger partial charge in [0.05, 0.1) is 52.9 Å². The van der Waals surface area contributed by atoms with Gasteiger partial charge in [0, 0.05) is 30.2 Å². The van der Waals surface area contributed by atoms with Crippen molar-refractivity contribution < 1.29 is 23.8 Å². The lowest BCUT2D eigenvalue weighted by Crippen LogP contribution is -2.26. The summed E-state index contributed by atoms with van der Waals surface area (Å²) in [7, 11) is 0. The van der Waals surface area contributed by atoms with E-state index in [4.69, 9.17) is 19.7 Å². The predicted octanol–water partition coefficient (Wildman–Crippen LogP) is 6.07. The van der Waals surface area contributed by atoms with Crippen LogP contribution in [0, 0.1) is 17.1 Å². The van der Waals surface area contributed by atoms with Crippen LogP contribution in [0.2, 0.25) is 0 Å². The maximum Gasteiger partial charge on any atom is 0.335 e. The number of ether oxygens (including phenoxy) is 2. The summed E-state index contributed by atoms with van der Waals surface area (Å²) in [4.78, 5) is 23.5. The number of fused-ring (bicyclic) bond motifs is 2. The van der Waals surface area contributed by atoms with E-state index in [1.54, 1.807) is 36.4 Å². The summed E-state index contributed by atoms with van der Waals surface area (Å²) in [6.45, 7) is 5.46. The number of carbonyl (C=O) groups is 1. The third kappa shape index (κ3) is 6.39. The minimum atomic E-state index is -0.964. The third-order valence-corrected chi connectivity index (χ3v) is 7.99. The first kappa shape index (κ1) is 29.2. The molecule has 1 aliphatic heterocycles. The van der Waals surface area contributed by atoms with Gasteiger partial charge in [0.25, 0.3) is 0 Å². The van der Waals surface area contributed by atoms with Crippen molar-refractivity contribution in [3.8, 4) is 11.9 Å². The molecule has 1 fully saturated rings. The molecule has 2 aromatic heterocycles. The van der Waals surface area contributed by atoms with E-state index in [-0.39, 0.29) is 23.8 Å². The monoisotopic (exact) mass is 593 g/mol. The van der Waals surface area contributed by atoms with Crippen LogP contribution in [-0.4, -0.2) is 49.8 Å². The van der Waals surface area contributed by atoms with E-state index < -0.39 is 11.8 Å². The lowest BCUT2D eigenvalue weighted by molar-refractivity contribution is 0.0697. The fourth-order valence-corrected chi connectivity index (χ4v) is 5.57. The second-order valence-electron chi connectivity index (χ2n) is 11.0. The highest BCUT2D eigenvalue weighted by atomic mass is 19.1. The van der Waals surface area contributed by atoms with Crippen LogP contribution in [0.1, 0.15) is 52.6 Å². The van der Waals surface area contributed by atoms with E-state index in [9.17, 15) is 14.3 Å². The third-order valence-electron chi connectivity index (χ3n) is 7.99. The van der Waals surface area contributed by atoms with Gasteiger partial charge in [-0.2, -0.15) is 5.26 Å². The Balaban J connectivity index is 1.21. The van der Waals surface area contributed by atoms with Crippen molar-refractivity contribution in [2.45, 2.75) is 52.1 Å². The van der Waals surface area contributed by atoms with Gasteiger partial charge in [0.1, 0.15) is 18.2 Å². The number of nitriles is 1. The second-order valence-corrected chi connectivity index (χ2v) is 11.0. The Morgan fingerprint density at radius 2 is 1.98 bits per heavy atom. The molecular formula is C34H32FN5O4. The Hall–Kier alpha value is -4.85. The number of imidazole rings is 1. The number of pyridine rings is 1. The van der Waals surface area contributed by atoms with E-state index in [0.717, 1.165) is 59.3 Å². The van der Waals surface area contributed by atoms with Crippen molar-refractivity contribution in [1.82, 2.24) is 19.4 Å². The molecule has 6 rings (SSSR count). The molecule has 0 unspecified atom stereocenters. The predicted molar refractivity (Wildman–Crippen MR) is 163 cm³/mol. The Morgan fingerprint density at radius 1 is 1.11 bits per heavy atom. The molecule has 44 heavy (non-hydrogen) atoms. The van der Waals surface area contributed by atoms with Crippen molar-refractivity contribution >= 4 is 27.9 Å². The van der Waals surface area contributed by atoms with Gasteiger partial charge in [0.15, 0.2) is 0 Å². The SMILES string of the molecule is CCN(Cc1ccc2ccc(OCc3ccc(C#N)cc3F)nc2c1)Cc1nc2ccc(C(=O)O)cc2n1C[C@@H]1CCCO1. The Labute approximate surface area is 254 Å². The van der Waals surface area contributed by atoms with E-state index in [1.807, 2.05) is 24.3 Å². The van der Waals surface area contributed by atoms with Gasteiger partial charge in [0.2, 0.25) is 5.88 Å². The molecule has 224 valence electrons. The van der Waals surface area contributed by atoms with Gasteiger partial charge in [-0.05, 0) is 67.4 Å². The molecule has 1 aliphatic rings. The van der Waals surface area contributed by atoms with Gasteiger partial charge in [-0.15, -0.1) is 0 Å². The van der Waals surface area contributed by atoms with Gasteiger partial charge in [-0.3, -0.25) is 4.90 Å². The number of aromatic carboxylic acids is 1. The zero-order valence-corrected chi connectivity index (χ0v) is 24.4. The Morgan fingerprint density at radius 3 is 2.73 bits per heavy atom. The maximum atomic E-state index is 14.3. The van der Waals surface area contributed by atoms with Gasteiger partial charge < -0.3 is 19.1 Å². The molecule has 0 aliphatic carbocycles. The number of benzene rings is 3. The average Bonchev–Trinajstić information content (AvgIpc) is 3.67. The smallest absolute Gasteiger partial charge is 0.335 e. The fourth-order valence-electron chi connectivity index (χ4n) is 5.57. The summed E-state index contributed by atoms with van der Waals surface area (Å²) in [5, 5.41) is 19.5. The number of aromatic nitrogens is 3. The number of hydrogen-bond donors (Lipinski definition) is 1. The van der Waals surface area contributed by atoms with Crippen molar-refractivity contribution in [1.29, 1.82) is 5.26 Å². The lowest BCUT2D eigenvalue weighted by Gasteiger charge is -2.22. The highest BCUT2D eigenvalue weighted by Gasteiger charge is 2.22. The fraction of sp³-hybridized carbons (Fsp3) is 0.294. The summed E-state index contributed by atoms with van der Waals surface area (Å²) in [6.07, 6.45) is 2.06. The van der Waals surface area contributed by atoms with Crippen LogP contribution in [0.4, 0.5) is 4.39 Å². The molecule has 0 radical (unpaired) electrons. The van der Waals surface area contributed by atoms with Crippen LogP contribution in [0.3, 0.4) is 0 Å². The first-order chi connectivity index (χ1) is 21.4. The number of nitrogens with zero attached hydrogens (tertiary/aromatic N) is 5. The number of halogens is 1. The molecule has 0 bridgehead atoms. The molecule has 0 amide bonds. The Kier molecular flexibility index (Phi) is 8.50. The van der Waals surface area contributed by atoms with Crippen LogP contribution < -0.4 is 4.74 Å². The quantitative estimate of drug-likeness (QED) is 0.196. The molecule has 1 N–H and O–H groups in total. The zero-order chi connectivity index (χ0) is 30.6. The summed E-state index contributed by atoms with van der Waals surface area (Å²) < 4.78 is 28.1. The zero-order valence-electron chi connectivity index (χ0n) is 24.4. The van der Waals surface area contributed by atoms with Crippen LogP contribution in [0.15, 0.2) is 66.7 Å². The van der Waals surface area contributed by atoms with E-state index >= 15 is 0 Å². The van der Waals surface area contributed by atoms with Crippen LogP contribution in [0.5, 0.6) is 5.88 Å². The highest BCUT2D eigenvalue weighted by Crippen LogP contribution is 2.25. The average molecular weight is 594 g/mol. The molecule has 3 aromatic carbocycles.